The number of halogens is 3. The molecule has 7 heteroatoms. The number of pyridine rings is 1. The third-order valence-corrected chi connectivity index (χ3v) is 3.60. The second-order valence-corrected chi connectivity index (χ2v) is 5.40. The van der Waals surface area contributed by atoms with Gasteiger partial charge in [-0.2, -0.15) is 13.2 Å². The SMILES string of the molecule is NC(=O)c1ccc(COc2ccc3ccc(C(F)(F)F)nc3c2)cc1. The third-order valence-electron chi connectivity index (χ3n) is 3.60. The van der Waals surface area contributed by atoms with Crippen molar-refractivity contribution in [2.45, 2.75) is 12.8 Å². The maximum Gasteiger partial charge on any atom is 0.433 e. The largest absolute Gasteiger partial charge is 0.489 e. The Hall–Kier alpha value is -3.09. The number of aromatic nitrogens is 1. The lowest BCUT2D eigenvalue weighted by Gasteiger charge is -2.09. The number of carbonyl (C=O) groups excluding carboxylic acids is 1. The van der Waals surface area contributed by atoms with E-state index >= 15 is 0 Å². The van der Waals surface area contributed by atoms with Crippen molar-refractivity contribution in [1.82, 2.24) is 4.98 Å². The van der Waals surface area contributed by atoms with Crippen LogP contribution in [0, 0.1) is 0 Å². The molecular weight excluding hydrogens is 333 g/mol. The first-order chi connectivity index (χ1) is 11.8. The fraction of sp³-hybridized carbons (Fsp3) is 0.111. The van der Waals surface area contributed by atoms with Gasteiger partial charge in [-0.3, -0.25) is 4.79 Å². The first kappa shape index (κ1) is 16.8. The minimum Gasteiger partial charge on any atom is -0.489 e. The molecule has 3 rings (SSSR count). The Morgan fingerprint density at radius 1 is 1.04 bits per heavy atom. The summed E-state index contributed by atoms with van der Waals surface area (Å²) >= 11 is 0. The fourth-order valence-corrected chi connectivity index (χ4v) is 2.28. The van der Waals surface area contributed by atoms with Crippen molar-refractivity contribution >= 4 is 16.8 Å². The summed E-state index contributed by atoms with van der Waals surface area (Å²) in [5, 5.41) is 0.589. The molecule has 1 heterocycles. The number of hydrogen-bond acceptors (Lipinski definition) is 3. The number of nitrogens with two attached hydrogens (primary N) is 1. The molecule has 0 atom stereocenters. The average molecular weight is 346 g/mol. The molecule has 2 N–H and O–H groups in total. The zero-order chi connectivity index (χ0) is 18.0. The summed E-state index contributed by atoms with van der Waals surface area (Å²) in [5.74, 6) is -0.119. The van der Waals surface area contributed by atoms with Crippen molar-refractivity contribution in [2.75, 3.05) is 0 Å². The number of hydrogen-bond donors (Lipinski definition) is 1. The predicted octanol–water partition coefficient (Wildman–Crippen LogP) is 3.93. The molecule has 25 heavy (non-hydrogen) atoms. The van der Waals surface area contributed by atoms with Gasteiger partial charge >= 0.3 is 6.18 Å². The standard InChI is InChI=1S/C18H13F3N2O2/c19-18(20,21)16-8-6-12-5-7-14(9-15(12)23-16)25-10-11-1-3-13(4-2-11)17(22)24/h1-9H,10H2,(H2,22,24). The molecule has 2 aromatic carbocycles. The molecule has 0 fully saturated rings. The third kappa shape index (κ3) is 3.88. The lowest BCUT2D eigenvalue weighted by atomic mass is 10.1. The van der Waals surface area contributed by atoms with Crippen molar-refractivity contribution in [3.8, 4) is 5.75 Å². The zero-order valence-electron chi connectivity index (χ0n) is 12.9. The van der Waals surface area contributed by atoms with E-state index in [0.717, 1.165) is 11.6 Å². The molecule has 0 saturated carbocycles. The molecule has 0 aliphatic carbocycles. The van der Waals surface area contributed by atoms with E-state index in [9.17, 15) is 18.0 Å². The van der Waals surface area contributed by atoms with Gasteiger partial charge in [0.1, 0.15) is 18.1 Å². The molecular formula is C18H13F3N2O2. The highest BCUT2D eigenvalue weighted by molar-refractivity contribution is 5.92. The van der Waals surface area contributed by atoms with Crippen molar-refractivity contribution in [1.29, 1.82) is 0 Å². The van der Waals surface area contributed by atoms with E-state index in [2.05, 4.69) is 4.98 Å². The first-order valence-corrected chi connectivity index (χ1v) is 7.32. The minimum absolute atomic E-state index is 0.198. The summed E-state index contributed by atoms with van der Waals surface area (Å²) in [7, 11) is 0. The van der Waals surface area contributed by atoms with Crippen molar-refractivity contribution in [3.05, 3.63) is 71.4 Å². The maximum atomic E-state index is 12.7. The summed E-state index contributed by atoms with van der Waals surface area (Å²) in [6.45, 7) is 0.198. The molecule has 128 valence electrons. The van der Waals surface area contributed by atoms with Crippen LogP contribution >= 0.6 is 0 Å². The Labute approximate surface area is 141 Å². The van der Waals surface area contributed by atoms with Crippen LogP contribution in [0.5, 0.6) is 5.75 Å². The quantitative estimate of drug-likeness (QED) is 0.778. The monoisotopic (exact) mass is 346 g/mol. The average Bonchev–Trinajstić information content (AvgIpc) is 2.58. The number of alkyl halides is 3. The topological polar surface area (TPSA) is 65.2 Å². The Morgan fingerprint density at radius 2 is 1.72 bits per heavy atom. The summed E-state index contributed by atoms with van der Waals surface area (Å²) in [6.07, 6.45) is -4.49. The van der Waals surface area contributed by atoms with Crippen LogP contribution in [0.1, 0.15) is 21.6 Å². The van der Waals surface area contributed by atoms with Crippen LogP contribution in [0.2, 0.25) is 0 Å². The first-order valence-electron chi connectivity index (χ1n) is 7.32. The number of rotatable bonds is 4. The summed E-state index contributed by atoms with van der Waals surface area (Å²) in [6, 6.07) is 13.6. The van der Waals surface area contributed by atoms with Gasteiger partial charge in [0.05, 0.1) is 5.52 Å². The molecule has 0 bridgehead atoms. The van der Waals surface area contributed by atoms with Gasteiger partial charge in [0.15, 0.2) is 0 Å². The highest BCUT2D eigenvalue weighted by Crippen LogP contribution is 2.30. The van der Waals surface area contributed by atoms with Crippen LogP contribution in [0.4, 0.5) is 13.2 Å². The summed E-state index contributed by atoms with van der Waals surface area (Å²) in [4.78, 5) is 14.7. The van der Waals surface area contributed by atoms with Gasteiger partial charge in [0.25, 0.3) is 0 Å². The van der Waals surface area contributed by atoms with Gasteiger partial charge in [-0.1, -0.05) is 18.2 Å². The highest BCUT2D eigenvalue weighted by atomic mass is 19.4. The van der Waals surface area contributed by atoms with Crippen molar-refractivity contribution in [2.24, 2.45) is 5.73 Å². The van der Waals surface area contributed by atoms with E-state index in [1.165, 1.54) is 12.1 Å². The molecule has 0 aliphatic heterocycles. The number of benzene rings is 2. The van der Waals surface area contributed by atoms with E-state index in [1.807, 2.05) is 0 Å². The van der Waals surface area contributed by atoms with E-state index in [4.69, 9.17) is 10.5 Å². The van der Waals surface area contributed by atoms with Crippen molar-refractivity contribution < 1.29 is 22.7 Å². The second kappa shape index (κ2) is 6.43. The lowest BCUT2D eigenvalue weighted by Crippen LogP contribution is -2.10. The lowest BCUT2D eigenvalue weighted by molar-refractivity contribution is -0.140. The van der Waals surface area contributed by atoms with Gasteiger partial charge in [-0.05, 0) is 35.9 Å². The summed E-state index contributed by atoms with van der Waals surface area (Å²) in [5.41, 5.74) is 5.61. The van der Waals surface area contributed by atoms with Gasteiger partial charge in [0.2, 0.25) is 5.91 Å². The predicted molar refractivity (Wildman–Crippen MR) is 86.0 cm³/mol. The van der Waals surface area contributed by atoms with Gasteiger partial charge in [-0.25, -0.2) is 4.98 Å². The Balaban J connectivity index is 1.78. The van der Waals surface area contributed by atoms with Crippen LogP contribution in [0.15, 0.2) is 54.6 Å². The molecule has 0 saturated heterocycles. The number of fused-ring (bicyclic) bond motifs is 1. The van der Waals surface area contributed by atoms with Gasteiger partial charge in [0, 0.05) is 17.0 Å². The van der Waals surface area contributed by atoms with E-state index in [1.54, 1.807) is 36.4 Å². The van der Waals surface area contributed by atoms with Crippen molar-refractivity contribution in [3.63, 3.8) is 0 Å². The normalized spacial score (nSPS) is 11.5. The number of nitrogens with zero attached hydrogens (tertiary/aromatic N) is 1. The fourth-order valence-electron chi connectivity index (χ4n) is 2.28. The zero-order valence-corrected chi connectivity index (χ0v) is 12.9. The molecule has 0 radical (unpaired) electrons. The van der Waals surface area contributed by atoms with Crippen LogP contribution in [0.3, 0.4) is 0 Å². The van der Waals surface area contributed by atoms with E-state index in [-0.39, 0.29) is 12.1 Å². The molecule has 1 aromatic heterocycles. The Bertz CT molecular complexity index is 922. The maximum absolute atomic E-state index is 12.7. The van der Waals surface area contributed by atoms with Crippen LogP contribution in [-0.4, -0.2) is 10.9 Å². The molecule has 0 unspecified atom stereocenters. The number of primary amides is 1. The van der Waals surface area contributed by atoms with Gasteiger partial charge in [-0.15, -0.1) is 0 Å². The van der Waals surface area contributed by atoms with Crippen LogP contribution in [0.25, 0.3) is 10.9 Å². The minimum atomic E-state index is -4.49. The van der Waals surface area contributed by atoms with Gasteiger partial charge < -0.3 is 10.5 Å². The summed E-state index contributed by atoms with van der Waals surface area (Å²) < 4.78 is 43.8. The highest BCUT2D eigenvalue weighted by Gasteiger charge is 2.32. The molecule has 0 spiro atoms. The molecule has 1 amide bonds. The number of ether oxygens (including phenoxy) is 1. The smallest absolute Gasteiger partial charge is 0.433 e. The van der Waals surface area contributed by atoms with E-state index in [0.29, 0.717) is 16.7 Å². The molecule has 0 aliphatic rings. The molecule has 3 aromatic rings. The Kier molecular flexibility index (Phi) is 4.31. The van der Waals surface area contributed by atoms with E-state index < -0.39 is 17.8 Å². The second-order valence-electron chi connectivity index (χ2n) is 5.40. The molecule has 4 nitrogen and oxygen atoms in total. The number of amides is 1. The Morgan fingerprint density at radius 3 is 2.36 bits per heavy atom. The number of carbonyl (C=O) groups is 1. The van der Waals surface area contributed by atoms with Crippen LogP contribution in [-0.2, 0) is 12.8 Å². The van der Waals surface area contributed by atoms with Crippen LogP contribution < -0.4 is 10.5 Å².